The molecule has 0 bridgehead atoms. The summed E-state index contributed by atoms with van der Waals surface area (Å²) in [4.78, 5) is 24.7. The Kier molecular flexibility index (Phi) is 10.2. The van der Waals surface area contributed by atoms with Gasteiger partial charge >= 0.3 is 12.1 Å². The number of amides is 1. The second-order valence-corrected chi connectivity index (χ2v) is 7.50. The second kappa shape index (κ2) is 12.1. The van der Waals surface area contributed by atoms with Crippen LogP contribution in [0.3, 0.4) is 0 Å². The molecule has 1 rings (SSSR count). The highest BCUT2D eigenvalue weighted by atomic mass is 19.1. The predicted octanol–water partition coefficient (Wildman–Crippen LogP) is 5.48. The van der Waals surface area contributed by atoms with Gasteiger partial charge in [-0.1, -0.05) is 33.8 Å². The first-order valence-electron chi connectivity index (χ1n) is 9.92. The van der Waals surface area contributed by atoms with Gasteiger partial charge in [0.1, 0.15) is 5.75 Å². The minimum absolute atomic E-state index is 0.0837. The van der Waals surface area contributed by atoms with Gasteiger partial charge in [-0.3, -0.25) is 5.32 Å². The number of hydrogen-bond donors (Lipinski definition) is 1. The van der Waals surface area contributed by atoms with Crippen LogP contribution in [0.2, 0.25) is 0 Å². The molecule has 0 radical (unpaired) electrons. The standard InChI is InChI=1S/C22H32FNO5/c1-7-8-9-16(6)20(21(25)27-13-14(2)3)29-22(26)24-19-11-10-17(12-18(19)23)28-15(4)5/h10-12,14-15,20H,6-9,13H2,1-5H3,(H,24,26). The summed E-state index contributed by atoms with van der Waals surface area (Å²) < 4.78 is 30.1. The Balaban J connectivity index is 2.82. The highest BCUT2D eigenvalue weighted by Crippen LogP contribution is 2.22. The van der Waals surface area contributed by atoms with Crippen molar-refractivity contribution >= 4 is 17.7 Å². The molecule has 0 saturated heterocycles. The number of unbranched alkanes of at least 4 members (excludes halogenated alkanes) is 1. The normalized spacial score (nSPS) is 11.9. The zero-order valence-electron chi connectivity index (χ0n) is 17.9. The molecule has 0 saturated carbocycles. The van der Waals surface area contributed by atoms with Crippen molar-refractivity contribution in [1.29, 1.82) is 0 Å². The molecule has 0 aliphatic heterocycles. The van der Waals surface area contributed by atoms with Gasteiger partial charge < -0.3 is 14.2 Å². The molecule has 1 aromatic rings. The van der Waals surface area contributed by atoms with Crippen LogP contribution in [0, 0.1) is 11.7 Å². The molecule has 1 unspecified atom stereocenters. The van der Waals surface area contributed by atoms with E-state index in [2.05, 4.69) is 11.9 Å². The van der Waals surface area contributed by atoms with Crippen LogP contribution in [0.25, 0.3) is 0 Å². The number of carbonyl (C=O) groups is 2. The SMILES string of the molecule is C=C(CCCC)C(OC(=O)Nc1ccc(OC(C)C)cc1F)C(=O)OCC(C)C. The van der Waals surface area contributed by atoms with Crippen molar-refractivity contribution in [3.8, 4) is 5.75 Å². The molecule has 1 aromatic carbocycles. The summed E-state index contributed by atoms with van der Waals surface area (Å²) in [5.41, 5.74) is 0.358. The number of nitrogens with one attached hydrogen (secondary N) is 1. The third-order valence-corrected chi connectivity index (χ3v) is 3.77. The number of halogens is 1. The second-order valence-electron chi connectivity index (χ2n) is 7.50. The fourth-order valence-corrected chi connectivity index (χ4v) is 2.35. The fraction of sp³-hybridized carbons (Fsp3) is 0.545. The molecule has 29 heavy (non-hydrogen) atoms. The molecule has 0 fully saturated rings. The minimum atomic E-state index is -1.24. The Labute approximate surface area is 172 Å². The summed E-state index contributed by atoms with van der Waals surface area (Å²) in [5, 5.41) is 2.31. The van der Waals surface area contributed by atoms with Crippen LogP contribution in [-0.2, 0) is 14.3 Å². The molecule has 6 nitrogen and oxygen atoms in total. The van der Waals surface area contributed by atoms with E-state index in [1.807, 2.05) is 34.6 Å². The first-order valence-corrected chi connectivity index (χ1v) is 9.92. The van der Waals surface area contributed by atoms with Crippen molar-refractivity contribution in [3.63, 3.8) is 0 Å². The molecule has 7 heteroatoms. The highest BCUT2D eigenvalue weighted by Gasteiger charge is 2.28. The maximum atomic E-state index is 14.2. The number of esters is 1. The average Bonchev–Trinajstić information content (AvgIpc) is 2.63. The third kappa shape index (κ3) is 8.98. The highest BCUT2D eigenvalue weighted by molar-refractivity contribution is 5.88. The Bertz CT molecular complexity index is 702. The van der Waals surface area contributed by atoms with E-state index in [0.29, 0.717) is 17.7 Å². The van der Waals surface area contributed by atoms with Crippen LogP contribution >= 0.6 is 0 Å². The number of hydrogen-bond acceptors (Lipinski definition) is 5. The number of carbonyl (C=O) groups excluding carboxylic acids is 2. The number of ether oxygens (including phenoxy) is 3. The van der Waals surface area contributed by atoms with E-state index in [9.17, 15) is 14.0 Å². The zero-order chi connectivity index (χ0) is 22.0. The smallest absolute Gasteiger partial charge is 0.412 e. The van der Waals surface area contributed by atoms with Crippen LogP contribution in [0.15, 0.2) is 30.4 Å². The van der Waals surface area contributed by atoms with E-state index in [0.717, 1.165) is 12.8 Å². The quantitative estimate of drug-likeness (QED) is 0.387. The van der Waals surface area contributed by atoms with Crippen molar-refractivity contribution in [1.82, 2.24) is 0 Å². The first-order chi connectivity index (χ1) is 13.6. The van der Waals surface area contributed by atoms with Crippen molar-refractivity contribution in [3.05, 3.63) is 36.2 Å². The van der Waals surface area contributed by atoms with E-state index >= 15 is 0 Å². The molecular formula is C22H32FNO5. The van der Waals surface area contributed by atoms with E-state index in [1.165, 1.54) is 18.2 Å². The lowest BCUT2D eigenvalue weighted by atomic mass is 10.1. The lowest BCUT2D eigenvalue weighted by Gasteiger charge is -2.20. The van der Waals surface area contributed by atoms with Gasteiger partial charge in [-0.05, 0) is 50.3 Å². The summed E-state index contributed by atoms with van der Waals surface area (Å²) >= 11 is 0. The monoisotopic (exact) mass is 409 g/mol. The van der Waals surface area contributed by atoms with Gasteiger partial charge in [0.05, 0.1) is 18.4 Å². The molecule has 162 valence electrons. The number of anilines is 1. The zero-order valence-corrected chi connectivity index (χ0v) is 17.9. The maximum Gasteiger partial charge on any atom is 0.412 e. The van der Waals surface area contributed by atoms with Crippen molar-refractivity contribution < 1.29 is 28.2 Å². The molecule has 0 aromatic heterocycles. The van der Waals surface area contributed by atoms with Crippen LogP contribution in [0.4, 0.5) is 14.9 Å². The Morgan fingerprint density at radius 1 is 1.21 bits per heavy atom. The third-order valence-electron chi connectivity index (χ3n) is 3.77. The van der Waals surface area contributed by atoms with Gasteiger partial charge in [-0.2, -0.15) is 0 Å². The van der Waals surface area contributed by atoms with Crippen molar-refractivity contribution in [2.24, 2.45) is 5.92 Å². The number of rotatable bonds is 11. The largest absolute Gasteiger partial charge is 0.491 e. The van der Waals surface area contributed by atoms with E-state index in [4.69, 9.17) is 14.2 Å². The Hall–Kier alpha value is -2.57. The summed E-state index contributed by atoms with van der Waals surface area (Å²) in [6, 6.07) is 4.07. The topological polar surface area (TPSA) is 73.9 Å². The van der Waals surface area contributed by atoms with Gasteiger partial charge in [0, 0.05) is 6.07 Å². The summed E-state index contributed by atoms with van der Waals surface area (Å²) in [6.07, 6.45) is -0.109. The van der Waals surface area contributed by atoms with Crippen molar-refractivity contribution in [2.45, 2.75) is 66.1 Å². The van der Waals surface area contributed by atoms with Gasteiger partial charge in [0.15, 0.2) is 5.82 Å². The van der Waals surface area contributed by atoms with Crippen LogP contribution < -0.4 is 10.1 Å². The maximum absolute atomic E-state index is 14.2. The van der Waals surface area contributed by atoms with Crippen molar-refractivity contribution in [2.75, 3.05) is 11.9 Å². The minimum Gasteiger partial charge on any atom is -0.491 e. The van der Waals surface area contributed by atoms with Gasteiger partial charge in [0.2, 0.25) is 6.10 Å². The Morgan fingerprint density at radius 3 is 2.45 bits per heavy atom. The van der Waals surface area contributed by atoms with Crippen LogP contribution in [0.1, 0.15) is 53.9 Å². The van der Waals surface area contributed by atoms with Gasteiger partial charge in [-0.15, -0.1) is 0 Å². The van der Waals surface area contributed by atoms with Gasteiger partial charge in [-0.25, -0.2) is 14.0 Å². The predicted molar refractivity (Wildman–Crippen MR) is 111 cm³/mol. The molecule has 1 amide bonds. The van der Waals surface area contributed by atoms with Crippen LogP contribution in [-0.4, -0.2) is 30.9 Å². The molecule has 0 heterocycles. The van der Waals surface area contributed by atoms with E-state index < -0.39 is 24.0 Å². The molecule has 0 aliphatic rings. The molecule has 0 spiro atoms. The lowest BCUT2D eigenvalue weighted by molar-refractivity contribution is -0.152. The van der Waals surface area contributed by atoms with E-state index in [1.54, 1.807) is 0 Å². The summed E-state index contributed by atoms with van der Waals surface area (Å²) in [7, 11) is 0. The average molecular weight is 409 g/mol. The number of benzene rings is 1. The summed E-state index contributed by atoms with van der Waals surface area (Å²) in [5.74, 6) is -0.877. The molecule has 1 N–H and O–H groups in total. The summed E-state index contributed by atoms with van der Waals surface area (Å²) in [6.45, 7) is 13.5. The Morgan fingerprint density at radius 2 is 1.90 bits per heavy atom. The van der Waals surface area contributed by atoms with E-state index in [-0.39, 0.29) is 24.3 Å². The van der Waals surface area contributed by atoms with Crippen LogP contribution in [0.5, 0.6) is 5.75 Å². The molecule has 0 aliphatic carbocycles. The molecule has 1 atom stereocenters. The fourth-order valence-electron chi connectivity index (χ4n) is 2.35. The molecular weight excluding hydrogens is 377 g/mol. The van der Waals surface area contributed by atoms with Gasteiger partial charge in [0.25, 0.3) is 0 Å². The lowest BCUT2D eigenvalue weighted by Crippen LogP contribution is -2.33. The first kappa shape index (κ1) is 24.5.